The summed E-state index contributed by atoms with van der Waals surface area (Å²) in [5, 5.41) is 3.50. The van der Waals surface area contributed by atoms with Crippen molar-refractivity contribution < 1.29 is 14.4 Å². The highest BCUT2D eigenvalue weighted by Crippen LogP contribution is 2.34. The molecule has 0 aromatic heterocycles. The zero-order valence-corrected chi connectivity index (χ0v) is 13.2. The van der Waals surface area contributed by atoms with Crippen molar-refractivity contribution in [3.8, 4) is 0 Å². The SMILES string of the molecule is CC(=O)N1C(=O)C2=C(C1=O)C(NCC1CCCCC1)CCC2. The molecule has 120 valence electrons. The lowest BCUT2D eigenvalue weighted by molar-refractivity contribution is -0.147. The van der Waals surface area contributed by atoms with Crippen LogP contribution in [0.5, 0.6) is 0 Å². The van der Waals surface area contributed by atoms with Crippen LogP contribution in [0.25, 0.3) is 0 Å². The number of carbonyl (C=O) groups excluding carboxylic acids is 3. The summed E-state index contributed by atoms with van der Waals surface area (Å²) >= 11 is 0. The maximum atomic E-state index is 12.4. The summed E-state index contributed by atoms with van der Waals surface area (Å²) in [6, 6.07) is -0.0634. The van der Waals surface area contributed by atoms with Gasteiger partial charge in [0, 0.05) is 24.1 Å². The lowest BCUT2D eigenvalue weighted by Crippen LogP contribution is -2.41. The number of hydrogen-bond acceptors (Lipinski definition) is 4. The molecule has 0 aromatic carbocycles. The Bertz CT molecular complexity index is 532. The number of amides is 3. The molecule has 0 spiro atoms. The molecule has 1 atom stereocenters. The first-order valence-corrected chi connectivity index (χ1v) is 8.45. The molecular formula is C17H24N2O3. The highest BCUT2D eigenvalue weighted by Gasteiger charge is 2.44. The second kappa shape index (κ2) is 6.32. The molecule has 0 radical (unpaired) electrons. The van der Waals surface area contributed by atoms with E-state index in [0.717, 1.165) is 24.3 Å². The van der Waals surface area contributed by atoms with E-state index in [-0.39, 0.29) is 6.04 Å². The fourth-order valence-corrected chi connectivity index (χ4v) is 4.01. The Hall–Kier alpha value is -1.49. The number of imide groups is 3. The quantitative estimate of drug-likeness (QED) is 0.809. The minimum atomic E-state index is -0.476. The minimum absolute atomic E-state index is 0.0634. The van der Waals surface area contributed by atoms with Crippen molar-refractivity contribution in [1.29, 1.82) is 0 Å². The first-order valence-electron chi connectivity index (χ1n) is 8.45. The van der Waals surface area contributed by atoms with Crippen LogP contribution in [0.1, 0.15) is 58.3 Å². The Morgan fingerprint density at radius 1 is 1.09 bits per heavy atom. The molecule has 1 fully saturated rings. The van der Waals surface area contributed by atoms with Crippen LogP contribution in [0.4, 0.5) is 0 Å². The fraction of sp³-hybridized carbons (Fsp3) is 0.706. The van der Waals surface area contributed by atoms with Crippen molar-refractivity contribution >= 4 is 17.7 Å². The van der Waals surface area contributed by atoms with E-state index in [4.69, 9.17) is 0 Å². The largest absolute Gasteiger partial charge is 0.309 e. The van der Waals surface area contributed by atoms with E-state index < -0.39 is 17.7 Å². The molecule has 1 aliphatic heterocycles. The molecule has 1 unspecified atom stereocenters. The summed E-state index contributed by atoms with van der Waals surface area (Å²) in [6.07, 6.45) is 8.79. The molecule has 3 rings (SSSR count). The van der Waals surface area contributed by atoms with Crippen molar-refractivity contribution in [2.75, 3.05) is 6.54 Å². The molecule has 5 nitrogen and oxygen atoms in total. The van der Waals surface area contributed by atoms with Crippen LogP contribution in [0.3, 0.4) is 0 Å². The molecule has 22 heavy (non-hydrogen) atoms. The Morgan fingerprint density at radius 2 is 1.82 bits per heavy atom. The van der Waals surface area contributed by atoms with Crippen molar-refractivity contribution in [1.82, 2.24) is 10.2 Å². The third-order valence-corrected chi connectivity index (χ3v) is 5.18. The zero-order chi connectivity index (χ0) is 15.7. The van der Waals surface area contributed by atoms with Gasteiger partial charge in [-0.2, -0.15) is 0 Å². The number of nitrogens with zero attached hydrogens (tertiary/aromatic N) is 1. The van der Waals surface area contributed by atoms with Crippen LogP contribution < -0.4 is 5.32 Å². The van der Waals surface area contributed by atoms with E-state index in [1.54, 1.807) is 0 Å². The summed E-state index contributed by atoms with van der Waals surface area (Å²) in [6.45, 7) is 2.18. The highest BCUT2D eigenvalue weighted by atomic mass is 16.2. The highest BCUT2D eigenvalue weighted by molar-refractivity contribution is 6.27. The Labute approximate surface area is 131 Å². The molecule has 3 aliphatic rings. The zero-order valence-electron chi connectivity index (χ0n) is 13.2. The number of carbonyl (C=O) groups is 3. The van der Waals surface area contributed by atoms with Gasteiger partial charge < -0.3 is 5.32 Å². The second-order valence-electron chi connectivity index (χ2n) is 6.71. The van der Waals surface area contributed by atoms with Crippen molar-refractivity contribution in [2.24, 2.45) is 5.92 Å². The normalized spacial score (nSPS) is 26.6. The van der Waals surface area contributed by atoms with Crippen LogP contribution in [-0.2, 0) is 14.4 Å². The van der Waals surface area contributed by atoms with Gasteiger partial charge in [-0.1, -0.05) is 19.3 Å². The van der Waals surface area contributed by atoms with Gasteiger partial charge in [-0.05, 0) is 44.6 Å². The third kappa shape index (κ3) is 2.74. The van der Waals surface area contributed by atoms with E-state index in [1.807, 2.05) is 0 Å². The Kier molecular flexibility index (Phi) is 4.43. The smallest absolute Gasteiger partial charge is 0.265 e. The van der Waals surface area contributed by atoms with Gasteiger partial charge in [-0.15, -0.1) is 0 Å². The van der Waals surface area contributed by atoms with Gasteiger partial charge in [0.15, 0.2) is 0 Å². The van der Waals surface area contributed by atoms with Crippen molar-refractivity contribution in [3.05, 3.63) is 11.1 Å². The molecular weight excluding hydrogens is 280 g/mol. The lowest BCUT2D eigenvalue weighted by Gasteiger charge is -2.28. The molecule has 1 saturated carbocycles. The number of rotatable bonds is 3. The van der Waals surface area contributed by atoms with Crippen molar-refractivity contribution in [3.63, 3.8) is 0 Å². The van der Waals surface area contributed by atoms with E-state index in [9.17, 15) is 14.4 Å². The topological polar surface area (TPSA) is 66.5 Å². The molecule has 0 saturated heterocycles. The van der Waals surface area contributed by atoms with Gasteiger partial charge in [0.2, 0.25) is 5.91 Å². The van der Waals surface area contributed by atoms with Crippen molar-refractivity contribution in [2.45, 2.75) is 64.3 Å². The average Bonchev–Trinajstić information content (AvgIpc) is 2.78. The summed E-state index contributed by atoms with van der Waals surface area (Å²) in [4.78, 5) is 37.1. The van der Waals surface area contributed by atoms with Gasteiger partial charge in [0.25, 0.3) is 11.8 Å². The predicted molar refractivity (Wildman–Crippen MR) is 81.8 cm³/mol. The molecule has 1 N–H and O–H groups in total. The van der Waals surface area contributed by atoms with Crippen LogP contribution in [-0.4, -0.2) is 35.2 Å². The van der Waals surface area contributed by atoms with E-state index in [1.165, 1.54) is 39.0 Å². The Morgan fingerprint density at radius 3 is 2.50 bits per heavy atom. The monoisotopic (exact) mass is 304 g/mol. The second-order valence-corrected chi connectivity index (χ2v) is 6.71. The standard InChI is InChI=1S/C17H24N2O3/c1-11(20)19-16(21)13-8-5-9-14(15(13)17(19)22)18-10-12-6-3-2-4-7-12/h12,14,18H,2-10H2,1H3. The van der Waals surface area contributed by atoms with Crippen LogP contribution in [0.2, 0.25) is 0 Å². The van der Waals surface area contributed by atoms with Gasteiger partial charge in [-0.25, -0.2) is 4.90 Å². The van der Waals surface area contributed by atoms with Gasteiger partial charge in [-0.3, -0.25) is 14.4 Å². The molecule has 5 heteroatoms. The first kappa shape index (κ1) is 15.4. The Balaban J connectivity index is 1.71. The summed E-state index contributed by atoms with van der Waals surface area (Å²) in [7, 11) is 0. The van der Waals surface area contributed by atoms with Crippen LogP contribution >= 0.6 is 0 Å². The minimum Gasteiger partial charge on any atom is -0.309 e. The predicted octanol–water partition coefficient (Wildman–Crippen LogP) is 1.92. The van der Waals surface area contributed by atoms with Crippen LogP contribution in [0, 0.1) is 5.92 Å². The molecule has 2 aliphatic carbocycles. The third-order valence-electron chi connectivity index (χ3n) is 5.18. The number of nitrogens with one attached hydrogen (secondary N) is 1. The van der Waals surface area contributed by atoms with E-state index in [2.05, 4.69) is 5.32 Å². The fourth-order valence-electron chi connectivity index (χ4n) is 4.01. The van der Waals surface area contributed by atoms with Gasteiger partial charge in [0.1, 0.15) is 0 Å². The van der Waals surface area contributed by atoms with E-state index >= 15 is 0 Å². The molecule has 1 heterocycles. The summed E-state index contributed by atoms with van der Waals surface area (Å²) in [5.41, 5.74) is 1.12. The first-order chi connectivity index (χ1) is 10.6. The summed E-state index contributed by atoms with van der Waals surface area (Å²) < 4.78 is 0. The summed E-state index contributed by atoms with van der Waals surface area (Å²) in [5.74, 6) is -0.587. The van der Waals surface area contributed by atoms with Gasteiger partial charge >= 0.3 is 0 Å². The maximum absolute atomic E-state index is 12.4. The maximum Gasteiger partial charge on any atom is 0.265 e. The average molecular weight is 304 g/mol. The van der Waals surface area contributed by atoms with E-state index in [0.29, 0.717) is 23.5 Å². The molecule has 0 aromatic rings. The van der Waals surface area contributed by atoms with Crippen LogP contribution in [0.15, 0.2) is 11.1 Å². The van der Waals surface area contributed by atoms with Gasteiger partial charge in [0.05, 0.1) is 0 Å². The molecule has 3 amide bonds. The lowest BCUT2D eigenvalue weighted by atomic mass is 9.86. The number of hydrogen-bond donors (Lipinski definition) is 1. The molecule has 0 bridgehead atoms.